The first-order chi connectivity index (χ1) is 18.7. The van der Waals surface area contributed by atoms with Crippen molar-refractivity contribution in [3.63, 3.8) is 0 Å². The Morgan fingerprint density at radius 3 is 0.659 bits per heavy atom. The van der Waals surface area contributed by atoms with Crippen LogP contribution < -0.4 is 20.4 Å². The predicted molar refractivity (Wildman–Crippen MR) is 123 cm³/mol. The first-order valence-electron chi connectivity index (χ1n) is 10.6. The topological polar surface area (TPSA) is 266 Å². The maximum absolute atomic E-state index is 10.2. The Balaban J connectivity index is -0.000000139. The van der Waals surface area contributed by atoms with E-state index < -0.39 is 47.8 Å². The van der Waals surface area contributed by atoms with Crippen LogP contribution in [-0.2, 0) is 83.1 Å². The zero-order valence-corrected chi connectivity index (χ0v) is 25.4. The smallest absolute Gasteiger partial charge is 0.550 e. The molecule has 0 unspecified atom stereocenters. The number of carbonyl (C=O) groups is 8. The summed E-state index contributed by atoms with van der Waals surface area (Å²) in [7, 11) is 0. The fourth-order valence-electron chi connectivity index (χ4n) is 1.18. The van der Waals surface area contributed by atoms with E-state index in [4.69, 9.17) is 0 Å². The van der Waals surface area contributed by atoms with Crippen molar-refractivity contribution in [3.05, 3.63) is 50.6 Å². The molecule has 0 amide bonds. The van der Waals surface area contributed by atoms with Gasteiger partial charge in [0.1, 0.15) is 0 Å². The fraction of sp³-hybridized carbons (Fsp3) is 0.333. The zero-order chi connectivity index (χ0) is 31.9. The summed E-state index contributed by atoms with van der Waals surface area (Å²) in [6.45, 7) is 11.8. The summed E-state index contributed by atoms with van der Waals surface area (Å²) >= 11 is 0. The molecule has 224 valence electrons. The van der Waals surface area contributed by atoms with Crippen LogP contribution in [0.1, 0.15) is 25.7 Å². The summed E-state index contributed by atoms with van der Waals surface area (Å²) in [5.74, 6) is -7.45. The van der Waals surface area contributed by atoms with E-state index in [2.05, 4.69) is 45.3 Å². The number of aliphatic carboxylic acids is 4. The van der Waals surface area contributed by atoms with Crippen LogP contribution in [-0.4, -0.2) is 74.2 Å². The molecule has 41 heavy (non-hydrogen) atoms. The Morgan fingerprint density at radius 2 is 0.561 bits per heavy atom. The van der Waals surface area contributed by atoms with Crippen molar-refractivity contribution in [2.75, 3.05) is 26.4 Å². The van der Waals surface area contributed by atoms with Gasteiger partial charge in [0.05, 0.1) is 26.4 Å². The maximum Gasteiger partial charge on any atom is 4.00 e. The van der Waals surface area contributed by atoms with Gasteiger partial charge in [-0.05, 0) is 0 Å². The van der Waals surface area contributed by atoms with E-state index in [9.17, 15) is 58.8 Å². The molecule has 0 spiro atoms. The Labute approximate surface area is 253 Å². The van der Waals surface area contributed by atoms with Gasteiger partial charge in [0.15, 0.2) is 0 Å². The predicted octanol–water partition coefficient (Wildman–Crippen LogP) is -4.58. The molecule has 0 aromatic heterocycles. The summed E-state index contributed by atoms with van der Waals surface area (Å²) in [5, 5.41) is 39.0. The van der Waals surface area contributed by atoms with E-state index in [-0.39, 0.29) is 78.0 Å². The Bertz CT molecular complexity index is 750. The van der Waals surface area contributed by atoms with Crippen molar-refractivity contribution >= 4 is 47.8 Å². The average molecular weight is 751 g/mol. The van der Waals surface area contributed by atoms with Gasteiger partial charge in [-0.25, -0.2) is 19.2 Å². The molecule has 0 saturated carbocycles. The van der Waals surface area contributed by atoms with Gasteiger partial charge in [0.25, 0.3) is 0 Å². The Morgan fingerprint density at radius 1 is 0.415 bits per heavy atom. The van der Waals surface area contributed by atoms with Gasteiger partial charge in [-0.2, -0.15) is 0 Å². The third kappa shape index (κ3) is 52.8. The van der Waals surface area contributed by atoms with Crippen LogP contribution in [0.5, 0.6) is 0 Å². The van der Waals surface area contributed by atoms with Crippen LogP contribution in [0.3, 0.4) is 0 Å². The monoisotopic (exact) mass is 752 g/mol. The van der Waals surface area contributed by atoms with Crippen molar-refractivity contribution in [1.82, 2.24) is 0 Å². The number of hydrogen-bond acceptors (Lipinski definition) is 16. The summed E-state index contributed by atoms with van der Waals surface area (Å²) in [5.41, 5.74) is 0. The second kappa shape index (κ2) is 33.6. The number of esters is 4. The summed E-state index contributed by atoms with van der Waals surface area (Å²) in [4.78, 5) is 79.9. The van der Waals surface area contributed by atoms with Gasteiger partial charge in [0.2, 0.25) is 0 Å². The molecule has 0 rings (SSSR count). The number of ether oxygens (including phenoxy) is 4. The fourth-order valence-corrected chi connectivity index (χ4v) is 1.18. The number of carbonyl (C=O) groups excluding carboxylic acids is 8. The molecule has 0 aromatic rings. The summed E-state index contributed by atoms with van der Waals surface area (Å²) in [6, 6.07) is 0. The molecular weight excluding hydrogens is 723 g/mol. The summed E-state index contributed by atoms with van der Waals surface area (Å²) < 4.78 is 17.3. The van der Waals surface area contributed by atoms with E-state index in [1.165, 1.54) is 0 Å². The largest absolute Gasteiger partial charge is 4.00 e. The van der Waals surface area contributed by atoms with Gasteiger partial charge in [-0.15, -0.1) is 0 Å². The maximum atomic E-state index is 10.2. The standard InChI is InChI=1S/4C6H8O4.Hf/c4*1-2-6(9)10-4-3-5(7)8;/h4*2H,1,3-4H2,(H,7,8);/q;;;;+4/p-4. The Hall–Kier alpha value is -4.41. The van der Waals surface area contributed by atoms with Gasteiger partial charge in [-0.1, -0.05) is 26.3 Å². The molecule has 16 nitrogen and oxygen atoms in total. The number of hydrogen-bond donors (Lipinski definition) is 0. The number of carboxylic acids is 4. The number of rotatable bonds is 16. The van der Waals surface area contributed by atoms with Gasteiger partial charge >= 0.3 is 49.7 Å². The molecule has 17 heteroatoms. The van der Waals surface area contributed by atoms with Crippen LogP contribution in [0.25, 0.3) is 0 Å². The van der Waals surface area contributed by atoms with Gasteiger partial charge in [0, 0.05) is 73.9 Å². The van der Waals surface area contributed by atoms with E-state index in [0.29, 0.717) is 0 Å². The van der Waals surface area contributed by atoms with Crippen molar-refractivity contribution in [3.8, 4) is 0 Å². The van der Waals surface area contributed by atoms with Crippen molar-refractivity contribution in [2.24, 2.45) is 0 Å². The van der Waals surface area contributed by atoms with Crippen LogP contribution in [0.2, 0.25) is 0 Å². The molecule has 0 N–H and O–H groups in total. The van der Waals surface area contributed by atoms with Crippen LogP contribution >= 0.6 is 0 Å². The van der Waals surface area contributed by atoms with E-state index in [0.717, 1.165) is 24.3 Å². The van der Waals surface area contributed by atoms with E-state index in [1.54, 1.807) is 0 Å². The third-order valence-electron chi connectivity index (χ3n) is 2.87. The molecule has 0 aromatic carbocycles. The molecule has 0 atom stereocenters. The van der Waals surface area contributed by atoms with Crippen LogP contribution in [0.4, 0.5) is 0 Å². The van der Waals surface area contributed by atoms with E-state index in [1.807, 2.05) is 0 Å². The van der Waals surface area contributed by atoms with Gasteiger partial charge < -0.3 is 58.6 Å². The zero-order valence-electron chi connectivity index (χ0n) is 21.8. The minimum Gasteiger partial charge on any atom is -0.550 e. The summed E-state index contributed by atoms with van der Waals surface area (Å²) in [6.07, 6.45) is 2.76. The first kappa shape index (κ1) is 46.4. The van der Waals surface area contributed by atoms with E-state index >= 15 is 0 Å². The molecule has 0 fully saturated rings. The normalized spacial score (nSPS) is 8.20. The molecule has 0 radical (unpaired) electrons. The molecule has 0 aliphatic heterocycles. The van der Waals surface area contributed by atoms with Crippen molar-refractivity contribution in [2.45, 2.75) is 25.7 Å². The second-order valence-electron chi connectivity index (χ2n) is 5.97. The molecule has 0 aliphatic carbocycles. The van der Waals surface area contributed by atoms with Crippen molar-refractivity contribution < 1.29 is 104 Å². The van der Waals surface area contributed by atoms with Crippen LogP contribution in [0, 0.1) is 0 Å². The number of carboxylic acid groups (broad SMARTS) is 4. The quantitative estimate of drug-likeness (QED) is 0.0622. The SMILES string of the molecule is C=CC(=O)OCCC(=O)[O-].C=CC(=O)OCCC(=O)[O-].C=CC(=O)OCCC(=O)[O-].C=CC(=O)OCCC(=O)[O-].[Hf+4]. The molecule has 0 saturated heterocycles. The molecular formula is C24H28HfO16. The first-order valence-corrected chi connectivity index (χ1v) is 10.6. The molecule has 0 bridgehead atoms. The third-order valence-corrected chi connectivity index (χ3v) is 2.87. The van der Waals surface area contributed by atoms with Crippen LogP contribution in [0.15, 0.2) is 50.6 Å². The molecule has 0 aliphatic rings. The van der Waals surface area contributed by atoms with Crippen molar-refractivity contribution in [1.29, 1.82) is 0 Å². The Kier molecular flexibility index (Phi) is 38.1. The average Bonchev–Trinajstić information content (AvgIpc) is 2.88. The minimum atomic E-state index is -1.24. The minimum absolute atomic E-state index is 0. The molecule has 0 heterocycles. The van der Waals surface area contributed by atoms with Gasteiger partial charge in [-0.3, -0.25) is 0 Å². The second-order valence-corrected chi connectivity index (χ2v) is 5.97.